The number of thiol groups is 1. The summed E-state index contributed by atoms with van der Waals surface area (Å²) in [6, 6.07) is 0.767. The fourth-order valence-electron chi connectivity index (χ4n) is 2.91. The summed E-state index contributed by atoms with van der Waals surface area (Å²) in [5.41, 5.74) is -0.844. The Kier molecular flexibility index (Phi) is 7.63. The van der Waals surface area contributed by atoms with Crippen LogP contribution in [0.5, 0.6) is 0 Å². The topological polar surface area (TPSA) is 70.1 Å². The summed E-state index contributed by atoms with van der Waals surface area (Å²) >= 11 is 13.3. The van der Waals surface area contributed by atoms with Crippen LogP contribution in [0.2, 0.25) is 5.02 Å². The van der Waals surface area contributed by atoms with E-state index in [9.17, 15) is 19.1 Å². The molecule has 0 aliphatic carbocycles. The van der Waals surface area contributed by atoms with E-state index in [2.05, 4.69) is 28.6 Å². The van der Waals surface area contributed by atoms with Gasteiger partial charge >= 0.3 is 6.09 Å². The monoisotopic (exact) mass is 496 g/mol. The zero-order valence-corrected chi connectivity index (χ0v) is 19.1. The van der Waals surface area contributed by atoms with Crippen LogP contribution in [-0.4, -0.2) is 64.8 Å². The molecular formula is C18H23BrClFN2O4S. The lowest BCUT2D eigenvalue weighted by Crippen LogP contribution is -2.57. The number of aliphatic hydroxyl groups is 1. The molecule has 1 aliphatic heterocycles. The lowest BCUT2D eigenvalue weighted by atomic mass is 10.1. The molecule has 0 aromatic heterocycles. The van der Waals surface area contributed by atoms with E-state index < -0.39 is 29.5 Å². The maximum atomic E-state index is 14.6. The molecule has 1 N–H and O–H groups in total. The van der Waals surface area contributed by atoms with Gasteiger partial charge in [0, 0.05) is 26.2 Å². The minimum Gasteiger partial charge on any atom is -0.444 e. The number of carbonyl (C=O) groups excluding carboxylic acids is 2. The van der Waals surface area contributed by atoms with Crippen LogP contribution in [0.15, 0.2) is 15.4 Å². The minimum atomic E-state index is -0.776. The van der Waals surface area contributed by atoms with E-state index in [4.69, 9.17) is 16.3 Å². The van der Waals surface area contributed by atoms with Crippen molar-refractivity contribution in [3.8, 4) is 0 Å². The quantitative estimate of drug-likeness (QED) is 0.490. The summed E-state index contributed by atoms with van der Waals surface area (Å²) < 4.78 is 20.3. The number of piperazine rings is 1. The lowest BCUT2D eigenvalue weighted by Gasteiger charge is -2.41. The molecule has 2 rings (SSSR count). The van der Waals surface area contributed by atoms with Crippen LogP contribution >= 0.6 is 40.2 Å². The Morgan fingerprint density at radius 3 is 2.64 bits per heavy atom. The smallest absolute Gasteiger partial charge is 0.410 e. The number of hydrogen-bond acceptors (Lipinski definition) is 5. The maximum Gasteiger partial charge on any atom is 0.410 e. The molecule has 0 unspecified atom stereocenters. The van der Waals surface area contributed by atoms with Crippen LogP contribution in [0.1, 0.15) is 37.6 Å². The van der Waals surface area contributed by atoms with Gasteiger partial charge in [0.05, 0.1) is 26.0 Å². The molecule has 1 aromatic carbocycles. The molecule has 1 heterocycles. The number of ether oxygens (including phenoxy) is 1. The first-order chi connectivity index (χ1) is 13.0. The summed E-state index contributed by atoms with van der Waals surface area (Å²) in [6.45, 7) is 5.72. The van der Waals surface area contributed by atoms with E-state index in [1.54, 1.807) is 20.8 Å². The molecule has 0 saturated carbocycles. The summed E-state index contributed by atoms with van der Waals surface area (Å²) in [5.74, 6) is -1.34. The number of hydrogen-bond donors (Lipinski definition) is 2. The van der Waals surface area contributed by atoms with Gasteiger partial charge in [-0.2, -0.15) is 0 Å². The number of carbonyl (C=O) groups is 2. The first-order valence-corrected chi connectivity index (χ1v) is 10.3. The molecule has 1 fully saturated rings. The van der Waals surface area contributed by atoms with Crippen molar-refractivity contribution < 1.29 is 23.8 Å². The molecule has 1 aromatic rings. The van der Waals surface area contributed by atoms with Gasteiger partial charge in [0.25, 0.3) is 5.91 Å². The van der Waals surface area contributed by atoms with Crippen LogP contribution in [-0.2, 0) is 4.74 Å². The third-order valence-corrected chi connectivity index (χ3v) is 6.30. The molecule has 0 spiro atoms. The number of amides is 2. The van der Waals surface area contributed by atoms with E-state index in [0.29, 0.717) is 0 Å². The molecular weight excluding hydrogens is 475 g/mol. The van der Waals surface area contributed by atoms with Gasteiger partial charge in [-0.3, -0.25) is 4.79 Å². The summed E-state index contributed by atoms with van der Waals surface area (Å²) in [6.07, 6.45) is -0.247. The number of halogens is 3. The van der Waals surface area contributed by atoms with Crippen molar-refractivity contribution in [3.63, 3.8) is 0 Å². The van der Waals surface area contributed by atoms with Gasteiger partial charge < -0.3 is 19.6 Å². The van der Waals surface area contributed by atoms with Crippen molar-refractivity contribution in [1.82, 2.24) is 9.80 Å². The maximum absolute atomic E-state index is 14.6. The molecule has 28 heavy (non-hydrogen) atoms. The molecule has 156 valence electrons. The van der Waals surface area contributed by atoms with Crippen LogP contribution in [0, 0.1) is 5.82 Å². The fourth-order valence-corrected chi connectivity index (χ4v) is 3.71. The van der Waals surface area contributed by atoms with Gasteiger partial charge in [-0.05, 0) is 49.2 Å². The van der Waals surface area contributed by atoms with Gasteiger partial charge in [-0.15, -0.1) is 12.6 Å². The minimum absolute atomic E-state index is 0.0538. The van der Waals surface area contributed by atoms with E-state index in [-0.39, 0.29) is 52.6 Å². The zero-order valence-electron chi connectivity index (χ0n) is 15.8. The van der Waals surface area contributed by atoms with Crippen LogP contribution < -0.4 is 0 Å². The predicted octanol–water partition coefficient (Wildman–Crippen LogP) is 3.97. The third kappa shape index (κ3) is 5.31. The van der Waals surface area contributed by atoms with Crippen molar-refractivity contribution in [3.05, 3.63) is 26.9 Å². The summed E-state index contributed by atoms with van der Waals surface area (Å²) in [4.78, 5) is 28.2. The van der Waals surface area contributed by atoms with Crippen LogP contribution in [0.4, 0.5) is 9.18 Å². The first-order valence-electron chi connectivity index (χ1n) is 8.72. The van der Waals surface area contributed by atoms with Crippen LogP contribution in [0.3, 0.4) is 0 Å². The SMILES string of the molecule is CC(C)(C)OC(=O)N1CCN(C(=O)c2cc(Cl)c(Br)c(S)c2F)[C@@H](CCO)C1. The van der Waals surface area contributed by atoms with Crippen molar-refractivity contribution in [2.24, 2.45) is 0 Å². The van der Waals surface area contributed by atoms with Gasteiger partial charge in [0.1, 0.15) is 11.4 Å². The van der Waals surface area contributed by atoms with Gasteiger partial charge in [-0.25, -0.2) is 9.18 Å². The van der Waals surface area contributed by atoms with Crippen molar-refractivity contribution in [2.45, 2.75) is 43.7 Å². The Bertz CT molecular complexity index is 775. The Hall–Kier alpha value is -1.03. The van der Waals surface area contributed by atoms with Gasteiger partial charge in [0.2, 0.25) is 0 Å². The average Bonchev–Trinajstić information content (AvgIpc) is 2.61. The standard InChI is InChI=1S/C18H23BrClFN2O4S/c1-18(2,3)27-17(26)22-5-6-23(10(9-22)4-7-24)16(25)11-8-12(20)13(19)15(28)14(11)21/h8,10,24,28H,4-7,9H2,1-3H3/t10-/m0/s1. The highest BCUT2D eigenvalue weighted by Crippen LogP contribution is 2.34. The second kappa shape index (κ2) is 9.19. The van der Waals surface area contributed by atoms with Crippen LogP contribution in [0.25, 0.3) is 0 Å². The first kappa shape index (κ1) is 23.3. The Balaban J connectivity index is 2.24. The van der Waals surface area contributed by atoms with E-state index in [0.717, 1.165) is 0 Å². The fraction of sp³-hybridized carbons (Fsp3) is 0.556. The van der Waals surface area contributed by atoms with Crippen molar-refractivity contribution in [2.75, 3.05) is 26.2 Å². The number of nitrogens with zero attached hydrogens (tertiary/aromatic N) is 2. The van der Waals surface area contributed by atoms with Gasteiger partial charge in [0.15, 0.2) is 0 Å². The number of benzene rings is 1. The summed E-state index contributed by atoms with van der Waals surface area (Å²) in [5, 5.41) is 9.56. The lowest BCUT2D eigenvalue weighted by molar-refractivity contribution is 0.00165. The molecule has 1 aliphatic rings. The number of rotatable bonds is 3. The molecule has 1 saturated heterocycles. The van der Waals surface area contributed by atoms with E-state index >= 15 is 0 Å². The molecule has 1 atom stereocenters. The van der Waals surface area contributed by atoms with Crippen molar-refractivity contribution in [1.29, 1.82) is 0 Å². The van der Waals surface area contributed by atoms with E-state index in [1.807, 2.05) is 0 Å². The molecule has 0 radical (unpaired) electrons. The Labute approximate surface area is 182 Å². The second-order valence-electron chi connectivity index (χ2n) is 7.47. The normalized spacial score (nSPS) is 17.6. The highest BCUT2D eigenvalue weighted by Gasteiger charge is 2.35. The van der Waals surface area contributed by atoms with Gasteiger partial charge in [-0.1, -0.05) is 11.6 Å². The third-order valence-electron chi connectivity index (χ3n) is 4.22. The average molecular weight is 498 g/mol. The summed E-state index contributed by atoms with van der Waals surface area (Å²) in [7, 11) is 0. The number of aliphatic hydroxyl groups excluding tert-OH is 1. The highest BCUT2D eigenvalue weighted by molar-refractivity contribution is 9.10. The second-order valence-corrected chi connectivity index (χ2v) is 9.12. The molecule has 6 nitrogen and oxygen atoms in total. The predicted molar refractivity (Wildman–Crippen MR) is 111 cm³/mol. The highest BCUT2D eigenvalue weighted by atomic mass is 79.9. The Morgan fingerprint density at radius 1 is 1.43 bits per heavy atom. The zero-order chi connectivity index (χ0) is 21.2. The molecule has 10 heteroatoms. The van der Waals surface area contributed by atoms with Crippen molar-refractivity contribution >= 4 is 52.2 Å². The largest absolute Gasteiger partial charge is 0.444 e. The molecule has 0 bridgehead atoms. The molecule has 2 amide bonds. The Morgan fingerprint density at radius 2 is 2.07 bits per heavy atom. The van der Waals surface area contributed by atoms with E-state index in [1.165, 1.54) is 15.9 Å².